The third kappa shape index (κ3) is 7.24. The Balaban J connectivity index is 0.00000312. The number of nitrogens with zero attached hydrogens (tertiary/aromatic N) is 3. The van der Waals surface area contributed by atoms with Gasteiger partial charge in [0.25, 0.3) is 0 Å². The third-order valence-corrected chi connectivity index (χ3v) is 9.12. The maximum absolute atomic E-state index is 14.0. The van der Waals surface area contributed by atoms with E-state index in [4.69, 9.17) is 22.1 Å². The van der Waals surface area contributed by atoms with Gasteiger partial charge in [-0.05, 0) is 18.2 Å². The summed E-state index contributed by atoms with van der Waals surface area (Å²) in [5.41, 5.74) is 2.26. The van der Waals surface area contributed by atoms with Gasteiger partial charge in [-0.1, -0.05) is 35.9 Å². The summed E-state index contributed by atoms with van der Waals surface area (Å²) in [6.45, 7) is -0.629. The van der Waals surface area contributed by atoms with Gasteiger partial charge < -0.3 is 29.8 Å². The largest absolute Gasteiger partial charge is 1.00 e. The Bertz CT molecular complexity index is 2230. The number of aromatic nitrogens is 2. The number of anilines is 4. The molecule has 0 amide bonds. The van der Waals surface area contributed by atoms with E-state index in [-0.39, 0.29) is 76.0 Å². The van der Waals surface area contributed by atoms with Crippen molar-refractivity contribution in [3.05, 3.63) is 87.3 Å². The number of methoxy groups -OCH3 is 1. The molecule has 0 atom stereocenters. The number of halogens is 3. The Morgan fingerprint density at radius 2 is 1.52 bits per heavy atom. The Labute approximate surface area is 321 Å². The number of nitrogen functional groups attached to an aromatic ring is 1. The molecule has 1 aromatic heterocycles. The van der Waals surface area contributed by atoms with Crippen LogP contribution in [-0.4, -0.2) is 61.6 Å². The van der Waals surface area contributed by atoms with E-state index in [0.29, 0.717) is 6.07 Å². The Kier molecular flexibility index (Phi) is 12.1. The van der Waals surface area contributed by atoms with Gasteiger partial charge in [-0.15, -0.1) is 0 Å². The average molecular weight is 740 g/mol. The van der Waals surface area contributed by atoms with Gasteiger partial charge in [0.05, 0.1) is 45.1 Å². The van der Waals surface area contributed by atoms with E-state index in [2.05, 4.69) is 15.3 Å². The summed E-state index contributed by atoms with van der Waals surface area (Å²) in [6.07, 6.45) is -1.50. The molecule has 4 aromatic rings. The van der Waals surface area contributed by atoms with Crippen LogP contribution in [0.1, 0.15) is 37.4 Å². The number of nitrogens with one attached hydrogen (secondary N) is 1. The minimum absolute atomic E-state index is 0. The van der Waals surface area contributed by atoms with Crippen molar-refractivity contribution >= 4 is 66.3 Å². The normalized spacial score (nSPS) is 12.3. The molecule has 0 fully saturated rings. The molecule has 1 aliphatic carbocycles. The van der Waals surface area contributed by atoms with Crippen molar-refractivity contribution in [1.29, 1.82) is 0 Å². The second-order valence-corrected chi connectivity index (χ2v) is 12.8. The van der Waals surface area contributed by atoms with E-state index < -0.39 is 105 Å². The summed E-state index contributed by atoms with van der Waals surface area (Å²) in [5, 5.41) is 1.78. The second-order valence-electron chi connectivity index (χ2n) is 9.72. The number of hydrogen-bond acceptors (Lipinski definition) is 14. The fraction of sp³-hybridized carbons (Fsp3) is 0.111. The van der Waals surface area contributed by atoms with Crippen molar-refractivity contribution in [3.8, 4) is 5.75 Å². The first kappa shape index (κ1) is 39.7. The van der Waals surface area contributed by atoms with Crippen molar-refractivity contribution in [1.82, 2.24) is 9.97 Å². The molecule has 0 saturated carbocycles. The molecule has 0 radical (unpaired) electrons. The molecule has 3 N–H and O–H groups in total. The fourth-order valence-electron chi connectivity index (χ4n) is 5.03. The smallest absolute Gasteiger partial charge is 0.744 e. The summed E-state index contributed by atoms with van der Waals surface area (Å²) in [7, 11) is -8.55. The molecule has 0 saturated heterocycles. The van der Waals surface area contributed by atoms with E-state index in [1.54, 1.807) is 0 Å². The third-order valence-electron chi connectivity index (χ3n) is 6.95. The predicted octanol–water partition coefficient (Wildman–Crippen LogP) is -3.03. The number of rotatable bonds is 8. The minimum Gasteiger partial charge on any atom is -0.744 e. The molecular formula is C27H18ClF2N5Na2O9S2. The predicted molar refractivity (Wildman–Crippen MR) is 155 cm³/mol. The summed E-state index contributed by atoms with van der Waals surface area (Å²) >= 11 is 5.89. The Hall–Kier alpha value is -2.75. The average Bonchev–Trinajstić information content (AvgIpc) is 2.97. The number of fused-ring (bicyclic) bond motifs is 2. The number of nitrogens with two attached hydrogens (primary N) is 1. The summed E-state index contributed by atoms with van der Waals surface area (Å²) < 4.78 is 108. The number of carbonyl (C=O) groups is 2. The first-order chi connectivity index (χ1) is 21.4. The van der Waals surface area contributed by atoms with E-state index in [9.17, 15) is 44.3 Å². The summed E-state index contributed by atoms with van der Waals surface area (Å²) in [4.78, 5) is 32.2. The molecule has 5 rings (SSSR count). The molecule has 3 aromatic carbocycles. The van der Waals surface area contributed by atoms with Gasteiger partial charge in [-0.25, -0.2) is 16.8 Å². The SMILES string of the molecule is COc1ccc(Nc2cc(S(=O)(=O)[O-])c(N)c3c2C(=O)c2ccccc2C3=O)c(S(=O)(=O)[O-])c1CN(C)c1nc(F)nc(F)c1Cl.[Na+].[Na+]. The molecule has 1 aliphatic rings. The topological polar surface area (TPSA) is 225 Å². The van der Waals surface area contributed by atoms with Crippen molar-refractivity contribution in [2.24, 2.45) is 0 Å². The standard InChI is InChI=1S/C27H20ClF2N5O9S2.2Na/c1-35(26-20(28)25(29)33-27(30)34-26)10-13-16(44-2)8-7-14(24(13)46(41,42)43)32-15-9-17(45(38,39)40)21(31)19-18(15)22(36)11-5-3-4-6-12(11)23(19)37;;/h3-9,32H,10,31H2,1-2H3,(H,38,39,40)(H,41,42,43);;/q;2*+1/p-2. The van der Waals surface area contributed by atoms with E-state index >= 15 is 0 Å². The first-order valence-electron chi connectivity index (χ1n) is 12.6. The first-order valence-corrected chi connectivity index (χ1v) is 15.8. The summed E-state index contributed by atoms with van der Waals surface area (Å²) in [5.74, 6) is -3.89. The van der Waals surface area contributed by atoms with E-state index in [1.165, 1.54) is 37.4 Å². The molecule has 0 unspecified atom stereocenters. The molecule has 1 heterocycles. The van der Waals surface area contributed by atoms with Crippen molar-refractivity contribution in [2.75, 3.05) is 30.1 Å². The van der Waals surface area contributed by atoms with Gasteiger partial charge in [-0.2, -0.15) is 18.7 Å². The fourth-order valence-corrected chi connectivity index (χ4v) is 6.75. The van der Waals surface area contributed by atoms with Crippen LogP contribution in [0.3, 0.4) is 0 Å². The molecule has 48 heavy (non-hydrogen) atoms. The second kappa shape index (κ2) is 14.6. The molecule has 0 spiro atoms. The zero-order chi connectivity index (χ0) is 33.9. The molecule has 0 aliphatic heterocycles. The number of carbonyl (C=O) groups excluding carboxylic acids is 2. The van der Waals surface area contributed by atoms with Gasteiger partial charge >= 0.3 is 65.2 Å². The van der Waals surface area contributed by atoms with Gasteiger partial charge in [0.1, 0.15) is 31.0 Å². The number of benzene rings is 3. The van der Waals surface area contributed by atoms with Crippen molar-refractivity contribution in [2.45, 2.75) is 16.3 Å². The number of ether oxygens (including phenoxy) is 1. The summed E-state index contributed by atoms with van der Waals surface area (Å²) in [6, 6.07) is 8.35. The van der Waals surface area contributed by atoms with Crippen LogP contribution in [0.15, 0.2) is 52.3 Å². The van der Waals surface area contributed by atoms with Gasteiger partial charge in [0.2, 0.25) is 5.95 Å². The maximum Gasteiger partial charge on any atom is 1.00 e. The molecule has 0 bridgehead atoms. The van der Waals surface area contributed by atoms with Crippen LogP contribution in [0.25, 0.3) is 0 Å². The number of ketones is 2. The van der Waals surface area contributed by atoms with E-state index in [1.807, 2.05) is 0 Å². The Morgan fingerprint density at radius 1 is 0.938 bits per heavy atom. The van der Waals surface area contributed by atoms with E-state index in [0.717, 1.165) is 18.1 Å². The van der Waals surface area contributed by atoms with Crippen molar-refractivity contribution in [3.63, 3.8) is 0 Å². The van der Waals surface area contributed by atoms with Crippen LogP contribution in [0.5, 0.6) is 5.75 Å². The number of hydrogen-bond donors (Lipinski definition) is 2. The molecule has 240 valence electrons. The molecular weight excluding hydrogens is 722 g/mol. The maximum atomic E-state index is 14.0. The van der Waals surface area contributed by atoms with Gasteiger partial charge in [0, 0.05) is 30.3 Å². The Morgan fingerprint density at radius 3 is 2.06 bits per heavy atom. The van der Waals surface area contributed by atoms with Crippen LogP contribution >= 0.6 is 11.6 Å². The van der Waals surface area contributed by atoms with Crippen LogP contribution < -0.4 is 79.8 Å². The quantitative estimate of drug-likeness (QED) is 0.0531. The van der Waals surface area contributed by atoms with Gasteiger partial charge in [0.15, 0.2) is 17.4 Å². The van der Waals surface area contributed by atoms with Crippen LogP contribution in [0, 0.1) is 12.0 Å². The van der Waals surface area contributed by atoms with Crippen LogP contribution in [0.2, 0.25) is 5.02 Å². The molecule has 21 heteroatoms. The minimum atomic E-state index is -5.50. The van der Waals surface area contributed by atoms with Crippen molar-refractivity contribution < 1.29 is 108 Å². The zero-order valence-corrected chi connectivity index (χ0v) is 31.7. The van der Waals surface area contributed by atoms with Gasteiger partial charge in [-0.3, -0.25) is 9.59 Å². The molecule has 14 nitrogen and oxygen atoms in total. The monoisotopic (exact) mass is 739 g/mol. The van der Waals surface area contributed by atoms with Crippen LogP contribution in [0.4, 0.5) is 31.7 Å². The zero-order valence-electron chi connectivity index (χ0n) is 25.3. The van der Waals surface area contributed by atoms with Crippen LogP contribution in [-0.2, 0) is 26.8 Å².